The summed E-state index contributed by atoms with van der Waals surface area (Å²) in [6.07, 6.45) is 9.17. The van der Waals surface area contributed by atoms with E-state index in [-0.39, 0.29) is 0 Å². The van der Waals surface area contributed by atoms with Crippen molar-refractivity contribution in [2.75, 3.05) is 0 Å². The zero-order valence-electron chi connectivity index (χ0n) is 24.3. The first-order valence-corrected chi connectivity index (χ1v) is 35.2. The molecule has 5 aliphatic rings. The molecule has 3 heteroatoms. The molecule has 3 atom stereocenters. The average molecular weight is 722 g/mol. The second-order valence-electron chi connectivity index (χ2n) is 13.5. The van der Waals surface area contributed by atoms with Crippen LogP contribution in [0.4, 0.5) is 0 Å². The topological polar surface area (TPSA) is 12.0 Å². The van der Waals surface area contributed by atoms with Gasteiger partial charge in [-0.25, -0.2) is 0 Å². The molecule has 2 aromatic rings. The third-order valence-electron chi connectivity index (χ3n) is 10.1. The van der Waals surface area contributed by atoms with Gasteiger partial charge >= 0.3 is 167 Å². The number of rotatable bonds is 5. The molecule has 0 amide bonds. The molecule has 0 aromatic heterocycles. The minimum Gasteiger partial charge on any atom is -0.0622 e. The third-order valence-corrected chi connectivity index (χ3v) is 49.8. The maximum Gasteiger partial charge on any atom is -0.0184 e. The van der Waals surface area contributed by atoms with Crippen LogP contribution in [0.2, 0.25) is 11.5 Å². The first kappa shape index (κ1) is 27.8. The molecule has 1 nitrogen and oxygen atoms in total. The molecule has 4 bridgehead atoms. The van der Waals surface area contributed by atoms with E-state index in [9.17, 15) is 0 Å². The summed E-state index contributed by atoms with van der Waals surface area (Å²) in [7, 11) is -1.12. The van der Waals surface area contributed by atoms with Crippen molar-refractivity contribution in [3.8, 4) is 11.1 Å². The Labute approximate surface area is 236 Å². The molecule has 2 aromatic carbocycles. The molecule has 0 spiro atoms. The van der Waals surface area contributed by atoms with Gasteiger partial charge < -0.3 is 0 Å². The molecule has 197 valence electrons. The van der Waals surface area contributed by atoms with Gasteiger partial charge in [-0.3, -0.25) is 0 Å². The molecule has 0 saturated heterocycles. The summed E-state index contributed by atoms with van der Waals surface area (Å²) in [5.41, 5.74) is 8.82. The van der Waals surface area contributed by atoms with Gasteiger partial charge in [-0.15, -0.1) is 0 Å². The van der Waals surface area contributed by atoms with E-state index in [1.165, 1.54) is 43.2 Å². The molecular formula is C34H48GeHfN. The zero-order valence-corrected chi connectivity index (χ0v) is 30.3. The van der Waals surface area contributed by atoms with E-state index in [2.05, 4.69) is 98.0 Å². The molecule has 3 unspecified atom stereocenters. The summed E-state index contributed by atoms with van der Waals surface area (Å²) in [5.74, 6) is 8.26. The van der Waals surface area contributed by atoms with E-state index in [0.29, 0.717) is 11.0 Å². The Balaban J connectivity index is 0.000000195. The number of hydrogen-bond donors (Lipinski definition) is 1. The fraction of sp³-hybridized carbons (Fsp3) is 0.529. The van der Waals surface area contributed by atoms with Crippen molar-refractivity contribution < 1.29 is 19.2 Å². The van der Waals surface area contributed by atoms with E-state index >= 15 is 0 Å². The fourth-order valence-electron chi connectivity index (χ4n) is 8.74. The smallest absolute Gasteiger partial charge is 0.0184 e. The van der Waals surface area contributed by atoms with Gasteiger partial charge in [-0.05, 0) is 11.1 Å². The third kappa shape index (κ3) is 5.78. The van der Waals surface area contributed by atoms with E-state index in [1.54, 1.807) is 23.1 Å². The van der Waals surface area contributed by atoms with Crippen LogP contribution in [0.15, 0.2) is 80.7 Å². The molecular weight excluding hydrogens is 673 g/mol. The summed E-state index contributed by atoms with van der Waals surface area (Å²) in [6.45, 7) is 12.4. The van der Waals surface area contributed by atoms with Crippen molar-refractivity contribution in [3.63, 3.8) is 0 Å². The second-order valence-corrected chi connectivity index (χ2v) is 55.7. The monoisotopic (exact) mass is 724 g/mol. The van der Waals surface area contributed by atoms with Crippen LogP contribution in [0, 0.1) is 23.2 Å². The Hall–Kier alpha value is -0.707. The molecule has 5 aliphatic carbocycles. The summed E-state index contributed by atoms with van der Waals surface area (Å²) in [5, 5.41) is 0. The van der Waals surface area contributed by atoms with Gasteiger partial charge in [0.25, 0.3) is 0 Å². The Morgan fingerprint density at radius 3 is 1.70 bits per heavy atom. The number of nitrogens with one attached hydrogen (secondary N) is 1. The van der Waals surface area contributed by atoms with E-state index in [1.807, 2.05) is 15.5 Å². The van der Waals surface area contributed by atoms with Gasteiger partial charge in [-0.1, -0.05) is 60.7 Å². The molecule has 0 aliphatic heterocycles. The maximum absolute atomic E-state index is 4.64. The SMILES string of the molecule is CC1=C(C)C(C)[C]([Hf]([NH]C23CC4CC(CC(C)(C4)C2)C3)[GeH]([CH3])[CH3])=C1C.c1ccc(-c2ccccc2)cc1. The summed E-state index contributed by atoms with van der Waals surface area (Å²) < 4.78 is 6.64. The van der Waals surface area contributed by atoms with Crippen LogP contribution >= 0.6 is 0 Å². The maximum atomic E-state index is 4.64. The quantitative estimate of drug-likeness (QED) is 0.304. The van der Waals surface area contributed by atoms with Crippen LogP contribution in [0.25, 0.3) is 11.1 Å². The van der Waals surface area contributed by atoms with Gasteiger partial charge in [0.05, 0.1) is 0 Å². The van der Waals surface area contributed by atoms with Crippen LogP contribution in [0.1, 0.15) is 73.1 Å². The first-order chi connectivity index (χ1) is 17.6. The van der Waals surface area contributed by atoms with Gasteiger partial charge in [0.15, 0.2) is 0 Å². The van der Waals surface area contributed by atoms with Crippen LogP contribution < -0.4 is 3.30 Å². The van der Waals surface area contributed by atoms with E-state index in [0.717, 1.165) is 17.8 Å². The Bertz CT molecular complexity index is 1110. The van der Waals surface area contributed by atoms with Crippen molar-refractivity contribution in [1.82, 2.24) is 3.30 Å². The minimum absolute atomic E-state index is 0.563. The van der Waals surface area contributed by atoms with E-state index in [4.69, 9.17) is 0 Å². The van der Waals surface area contributed by atoms with E-state index < -0.39 is 29.9 Å². The Morgan fingerprint density at radius 1 is 0.784 bits per heavy atom. The summed E-state index contributed by atoms with van der Waals surface area (Å²) in [4.78, 5) is 0. The van der Waals surface area contributed by atoms with Gasteiger partial charge in [0.1, 0.15) is 0 Å². The molecule has 4 saturated carbocycles. The molecule has 1 N–H and O–H groups in total. The van der Waals surface area contributed by atoms with Crippen LogP contribution in [-0.4, -0.2) is 16.2 Å². The van der Waals surface area contributed by atoms with Crippen molar-refractivity contribution in [2.45, 2.75) is 90.2 Å². The first-order valence-electron chi connectivity index (χ1n) is 14.7. The predicted molar refractivity (Wildman–Crippen MR) is 160 cm³/mol. The van der Waals surface area contributed by atoms with Gasteiger partial charge in [-0.2, -0.15) is 0 Å². The summed E-state index contributed by atoms with van der Waals surface area (Å²) in [6, 6.07) is 20.8. The average Bonchev–Trinajstić information content (AvgIpc) is 3.05. The van der Waals surface area contributed by atoms with Crippen molar-refractivity contribution in [1.29, 1.82) is 0 Å². The van der Waals surface area contributed by atoms with Crippen LogP contribution in [0.5, 0.6) is 0 Å². The zero-order chi connectivity index (χ0) is 26.4. The largest absolute Gasteiger partial charge is 0.0622 e. The van der Waals surface area contributed by atoms with Crippen LogP contribution in [0.3, 0.4) is 0 Å². The summed E-state index contributed by atoms with van der Waals surface area (Å²) >= 11 is -1.87. The number of benzene rings is 2. The van der Waals surface area contributed by atoms with Gasteiger partial charge in [0, 0.05) is 0 Å². The standard InChI is InChI=1S/C12H10.C11H18N.C9H13.C2H7Ge.Hf/c1-3-7-11(8-4-1)12-9-5-2-6-10-12;1-10-3-8-2-9(4-10)6-11(12,5-8)7-10;1-6-5-7(2)9(4)8(6)3;1-3-2;/h1-10H;8-9,12H,2-7H2,1H3;6H,1-4H3;3H,1-2H3;/q;-1;;;+1. The van der Waals surface area contributed by atoms with Crippen molar-refractivity contribution in [2.24, 2.45) is 23.2 Å². The van der Waals surface area contributed by atoms with Crippen molar-refractivity contribution in [3.05, 3.63) is 80.7 Å². The van der Waals surface area contributed by atoms with Gasteiger partial charge in [0.2, 0.25) is 0 Å². The minimum atomic E-state index is -1.87. The Kier molecular flexibility index (Phi) is 8.31. The molecule has 4 fully saturated rings. The Morgan fingerprint density at radius 2 is 1.30 bits per heavy atom. The fourth-order valence-corrected chi connectivity index (χ4v) is 49.1. The molecule has 37 heavy (non-hydrogen) atoms. The number of allylic oxidation sites excluding steroid dienone is 4. The molecule has 0 heterocycles. The van der Waals surface area contributed by atoms with Crippen LogP contribution in [-0.2, 0) is 19.2 Å². The second kappa shape index (κ2) is 11.0. The molecule has 0 radical (unpaired) electrons. The number of hydrogen-bond acceptors (Lipinski definition) is 1. The predicted octanol–water partition coefficient (Wildman–Crippen LogP) is 9.07. The van der Waals surface area contributed by atoms with Crippen molar-refractivity contribution >= 4 is 10.6 Å². The molecule has 7 rings (SSSR count). The normalized spacial score (nSPS) is 32.2.